The maximum Gasteiger partial charge on any atom is 0.163 e. The molecular formula is C7H13NO2. The largest absolute Gasteiger partial charge is 0.384 e. The van der Waals surface area contributed by atoms with E-state index in [4.69, 9.17) is 5.11 Å². The number of carbonyl (C=O) groups excluding carboxylic acids is 1. The lowest BCUT2D eigenvalue weighted by Crippen LogP contribution is -2.43. The molecule has 1 N–H and O–H groups in total. The molecule has 1 unspecified atom stereocenters. The highest BCUT2D eigenvalue weighted by Crippen LogP contribution is 2.04. The number of rotatable bonds is 1. The van der Waals surface area contributed by atoms with Gasteiger partial charge in [0, 0.05) is 19.5 Å². The van der Waals surface area contributed by atoms with E-state index in [0.717, 1.165) is 13.1 Å². The summed E-state index contributed by atoms with van der Waals surface area (Å²) in [5, 5.41) is 9.09. The minimum absolute atomic E-state index is 0.00954. The van der Waals surface area contributed by atoms with E-state index in [-0.39, 0.29) is 5.78 Å². The number of hydrogen-bond acceptors (Lipinski definition) is 3. The molecule has 1 atom stereocenters. The van der Waals surface area contributed by atoms with Gasteiger partial charge in [0.2, 0.25) is 0 Å². The molecule has 0 aliphatic carbocycles. The van der Waals surface area contributed by atoms with Crippen LogP contribution in [-0.2, 0) is 4.79 Å². The molecule has 0 bridgehead atoms. The van der Waals surface area contributed by atoms with E-state index < -0.39 is 6.10 Å². The van der Waals surface area contributed by atoms with Crippen LogP contribution in [0.1, 0.15) is 13.3 Å². The third kappa shape index (κ3) is 1.55. The van der Waals surface area contributed by atoms with Crippen molar-refractivity contribution in [2.75, 3.05) is 19.6 Å². The van der Waals surface area contributed by atoms with Crippen molar-refractivity contribution in [3.8, 4) is 0 Å². The third-order valence-corrected chi connectivity index (χ3v) is 1.92. The number of aliphatic hydroxyl groups excluding tert-OH is 1. The minimum Gasteiger partial charge on any atom is -0.384 e. The highest BCUT2D eigenvalue weighted by Gasteiger charge is 2.23. The first-order chi connectivity index (χ1) is 4.74. The predicted molar refractivity (Wildman–Crippen MR) is 37.7 cm³/mol. The molecule has 1 fully saturated rings. The van der Waals surface area contributed by atoms with Crippen LogP contribution in [0.5, 0.6) is 0 Å². The van der Waals surface area contributed by atoms with Crippen molar-refractivity contribution in [1.82, 2.24) is 4.90 Å². The first kappa shape index (κ1) is 7.69. The fourth-order valence-electron chi connectivity index (χ4n) is 1.16. The Morgan fingerprint density at radius 3 is 3.00 bits per heavy atom. The molecule has 1 rings (SSSR count). The average molecular weight is 143 g/mol. The van der Waals surface area contributed by atoms with Gasteiger partial charge in [-0.05, 0) is 6.54 Å². The van der Waals surface area contributed by atoms with Crippen LogP contribution in [0.4, 0.5) is 0 Å². The predicted octanol–water partition coefficient (Wildman–Crippen LogP) is -0.358. The fraction of sp³-hybridized carbons (Fsp3) is 0.857. The van der Waals surface area contributed by atoms with Crippen LogP contribution in [0, 0.1) is 0 Å². The van der Waals surface area contributed by atoms with Crippen LogP contribution >= 0.6 is 0 Å². The number of carbonyl (C=O) groups is 1. The first-order valence-corrected chi connectivity index (χ1v) is 3.67. The van der Waals surface area contributed by atoms with Crippen molar-refractivity contribution >= 4 is 5.78 Å². The van der Waals surface area contributed by atoms with Gasteiger partial charge in [-0.15, -0.1) is 0 Å². The Kier molecular flexibility index (Phi) is 2.40. The molecule has 3 heteroatoms. The summed E-state index contributed by atoms with van der Waals surface area (Å²) in [4.78, 5) is 12.9. The Morgan fingerprint density at radius 2 is 2.50 bits per heavy atom. The molecule has 58 valence electrons. The van der Waals surface area contributed by atoms with Crippen LogP contribution in [0.25, 0.3) is 0 Å². The lowest BCUT2D eigenvalue weighted by atomic mass is 10.1. The Labute approximate surface area is 60.6 Å². The maximum atomic E-state index is 10.8. The zero-order chi connectivity index (χ0) is 7.56. The second kappa shape index (κ2) is 3.12. The maximum absolute atomic E-state index is 10.8. The van der Waals surface area contributed by atoms with E-state index in [1.165, 1.54) is 0 Å². The Morgan fingerprint density at radius 1 is 1.80 bits per heavy atom. The molecule has 1 aliphatic rings. The number of nitrogens with zero attached hydrogens (tertiary/aromatic N) is 1. The zero-order valence-electron chi connectivity index (χ0n) is 6.21. The van der Waals surface area contributed by atoms with Crippen molar-refractivity contribution in [2.45, 2.75) is 19.4 Å². The van der Waals surface area contributed by atoms with Crippen molar-refractivity contribution in [3.63, 3.8) is 0 Å². The van der Waals surface area contributed by atoms with E-state index in [1.807, 2.05) is 6.92 Å². The minimum atomic E-state index is -0.728. The molecule has 1 saturated heterocycles. The van der Waals surface area contributed by atoms with Gasteiger partial charge in [-0.2, -0.15) is 0 Å². The van der Waals surface area contributed by atoms with Gasteiger partial charge in [0.05, 0.1) is 0 Å². The fourth-order valence-corrected chi connectivity index (χ4v) is 1.16. The Bertz CT molecular complexity index is 136. The van der Waals surface area contributed by atoms with Crippen LogP contribution in [0.15, 0.2) is 0 Å². The van der Waals surface area contributed by atoms with E-state index >= 15 is 0 Å². The number of likely N-dealkylation sites (tertiary alicyclic amines) is 1. The Hall–Kier alpha value is -0.410. The summed E-state index contributed by atoms with van der Waals surface area (Å²) in [7, 11) is 0. The summed E-state index contributed by atoms with van der Waals surface area (Å²) in [6, 6.07) is 0. The van der Waals surface area contributed by atoms with Gasteiger partial charge >= 0.3 is 0 Å². The number of Topliss-reactive ketones (excluding diaryl/α,β-unsaturated/α-hetero) is 1. The van der Waals surface area contributed by atoms with Gasteiger partial charge in [0.1, 0.15) is 6.10 Å². The van der Waals surface area contributed by atoms with Gasteiger partial charge in [-0.1, -0.05) is 6.92 Å². The summed E-state index contributed by atoms with van der Waals surface area (Å²) in [5.74, 6) is -0.00954. The van der Waals surface area contributed by atoms with E-state index in [1.54, 1.807) is 0 Å². The molecule has 0 aromatic carbocycles. The van der Waals surface area contributed by atoms with Crippen molar-refractivity contribution in [1.29, 1.82) is 0 Å². The molecule has 10 heavy (non-hydrogen) atoms. The first-order valence-electron chi connectivity index (χ1n) is 3.67. The van der Waals surface area contributed by atoms with Crippen LogP contribution in [-0.4, -0.2) is 41.5 Å². The second-order valence-electron chi connectivity index (χ2n) is 2.63. The number of β-amino-alcohol motifs (C(OH)–C–C–N with tert-alkyl or cyclic N) is 1. The SMILES string of the molecule is CCN1CCC(=O)C(O)C1. The van der Waals surface area contributed by atoms with Gasteiger partial charge in [-0.25, -0.2) is 0 Å². The third-order valence-electron chi connectivity index (χ3n) is 1.92. The highest BCUT2D eigenvalue weighted by molar-refractivity contribution is 5.83. The molecule has 0 aromatic heterocycles. The smallest absolute Gasteiger partial charge is 0.163 e. The summed E-state index contributed by atoms with van der Waals surface area (Å²) in [6.45, 7) is 4.29. The van der Waals surface area contributed by atoms with Crippen LogP contribution < -0.4 is 0 Å². The Balaban J connectivity index is 2.40. The average Bonchev–Trinajstić information content (AvgIpc) is 1.95. The van der Waals surface area contributed by atoms with Crippen molar-refractivity contribution < 1.29 is 9.90 Å². The molecule has 1 heterocycles. The number of aliphatic hydroxyl groups is 1. The molecule has 3 nitrogen and oxygen atoms in total. The van der Waals surface area contributed by atoms with E-state index in [9.17, 15) is 4.79 Å². The topological polar surface area (TPSA) is 40.5 Å². The van der Waals surface area contributed by atoms with Crippen molar-refractivity contribution in [3.05, 3.63) is 0 Å². The van der Waals surface area contributed by atoms with E-state index in [0.29, 0.717) is 13.0 Å². The van der Waals surface area contributed by atoms with Gasteiger partial charge < -0.3 is 10.0 Å². The molecule has 0 aromatic rings. The lowest BCUT2D eigenvalue weighted by molar-refractivity contribution is -0.131. The number of hydrogen-bond donors (Lipinski definition) is 1. The highest BCUT2D eigenvalue weighted by atomic mass is 16.3. The quantitative estimate of drug-likeness (QED) is 0.545. The van der Waals surface area contributed by atoms with Gasteiger partial charge in [0.25, 0.3) is 0 Å². The summed E-state index contributed by atoms with van der Waals surface area (Å²) in [5.41, 5.74) is 0. The second-order valence-corrected chi connectivity index (χ2v) is 2.63. The van der Waals surface area contributed by atoms with Crippen LogP contribution in [0.2, 0.25) is 0 Å². The van der Waals surface area contributed by atoms with E-state index in [2.05, 4.69) is 4.90 Å². The molecule has 1 aliphatic heterocycles. The number of piperidine rings is 1. The number of ketones is 1. The molecule has 0 saturated carbocycles. The summed E-state index contributed by atoms with van der Waals surface area (Å²) < 4.78 is 0. The summed E-state index contributed by atoms with van der Waals surface area (Å²) in [6.07, 6.45) is -0.219. The normalized spacial score (nSPS) is 29.0. The molecular weight excluding hydrogens is 130 g/mol. The zero-order valence-corrected chi connectivity index (χ0v) is 6.21. The molecule has 0 spiro atoms. The van der Waals surface area contributed by atoms with Crippen molar-refractivity contribution in [2.24, 2.45) is 0 Å². The number of likely N-dealkylation sites (N-methyl/N-ethyl adjacent to an activating group) is 1. The lowest BCUT2D eigenvalue weighted by Gasteiger charge is -2.27. The standard InChI is InChI=1S/C7H13NO2/c1-2-8-4-3-6(9)7(10)5-8/h7,10H,2-5H2,1H3. The molecule has 0 radical (unpaired) electrons. The van der Waals surface area contributed by atoms with Gasteiger partial charge in [0.15, 0.2) is 5.78 Å². The molecule has 0 amide bonds. The monoisotopic (exact) mass is 143 g/mol. The van der Waals surface area contributed by atoms with Crippen LogP contribution in [0.3, 0.4) is 0 Å². The van der Waals surface area contributed by atoms with Gasteiger partial charge in [-0.3, -0.25) is 4.79 Å². The summed E-state index contributed by atoms with van der Waals surface area (Å²) >= 11 is 0.